The van der Waals surface area contributed by atoms with E-state index in [0.717, 1.165) is 22.5 Å². The molecule has 0 atom stereocenters. The number of aryl methyl sites for hydroxylation is 2. The van der Waals surface area contributed by atoms with Gasteiger partial charge in [0.25, 0.3) is 0 Å². The molecular weight excluding hydrogens is 273 g/mol. The Kier molecular flexibility index (Phi) is 4.35. The first kappa shape index (κ1) is 14.5. The number of nitriles is 1. The van der Waals surface area contributed by atoms with Crippen LogP contribution in [0.3, 0.4) is 0 Å². The molecule has 1 aromatic carbocycles. The van der Waals surface area contributed by atoms with E-state index in [1.54, 1.807) is 6.07 Å². The quantitative estimate of drug-likeness (QED) is 0.638. The molecule has 0 aliphatic rings. The molecule has 1 aromatic heterocycles. The molecule has 2 rings (SSSR count). The molecule has 0 aliphatic heterocycles. The zero-order chi connectivity index (χ0) is 14.7. The van der Waals surface area contributed by atoms with Crippen LogP contribution in [0.1, 0.15) is 28.1 Å². The molecule has 0 N–H and O–H groups in total. The number of aromatic nitrogens is 2. The zero-order valence-electron chi connectivity index (χ0n) is 11.6. The molecule has 0 saturated heterocycles. The molecule has 5 heteroatoms. The van der Waals surface area contributed by atoms with Crippen molar-refractivity contribution in [3.8, 4) is 6.07 Å². The summed E-state index contributed by atoms with van der Waals surface area (Å²) in [6.07, 6.45) is 0. The van der Waals surface area contributed by atoms with Crippen LogP contribution in [-0.4, -0.2) is 9.97 Å². The molecule has 0 bridgehead atoms. The van der Waals surface area contributed by atoms with Crippen molar-refractivity contribution in [1.29, 1.82) is 5.26 Å². The lowest BCUT2D eigenvalue weighted by Crippen LogP contribution is -1.98. The number of thioether (sulfide) groups is 1. The molecule has 1 heterocycles. The Morgan fingerprint density at radius 2 is 1.80 bits per heavy atom. The van der Waals surface area contributed by atoms with Gasteiger partial charge in [0.15, 0.2) is 5.16 Å². The number of hydrogen-bond acceptors (Lipinski definition) is 4. The molecule has 20 heavy (non-hydrogen) atoms. The van der Waals surface area contributed by atoms with E-state index in [1.807, 2.05) is 26.8 Å². The summed E-state index contributed by atoms with van der Waals surface area (Å²) in [7, 11) is 0. The smallest absolute Gasteiger partial charge is 0.188 e. The Morgan fingerprint density at radius 1 is 1.15 bits per heavy atom. The Labute approximate surface area is 121 Å². The van der Waals surface area contributed by atoms with Gasteiger partial charge in [0.2, 0.25) is 0 Å². The third-order valence-electron chi connectivity index (χ3n) is 3.07. The first-order chi connectivity index (χ1) is 9.49. The van der Waals surface area contributed by atoms with E-state index < -0.39 is 5.82 Å². The predicted octanol–water partition coefficient (Wildman–Crippen LogP) is 3.70. The SMILES string of the molecule is Cc1nc(SCc2cc(F)cc(C#N)c2)nc(C)c1C. The van der Waals surface area contributed by atoms with Crippen LogP contribution in [0, 0.1) is 37.9 Å². The molecule has 0 fully saturated rings. The fourth-order valence-electron chi connectivity index (χ4n) is 1.75. The second-order valence-corrected chi connectivity index (χ2v) is 5.49. The predicted molar refractivity (Wildman–Crippen MR) is 76.9 cm³/mol. The summed E-state index contributed by atoms with van der Waals surface area (Å²) in [5, 5.41) is 9.50. The summed E-state index contributed by atoms with van der Waals surface area (Å²) in [5.41, 5.74) is 4.09. The van der Waals surface area contributed by atoms with E-state index >= 15 is 0 Å². The van der Waals surface area contributed by atoms with E-state index in [2.05, 4.69) is 9.97 Å². The highest BCUT2D eigenvalue weighted by Crippen LogP contribution is 2.22. The van der Waals surface area contributed by atoms with Crippen molar-refractivity contribution < 1.29 is 4.39 Å². The molecule has 0 unspecified atom stereocenters. The minimum absolute atomic E-state index is 0.331. The van der Waals surface area contributed by atoms with E-state index in [9.17, 15) is 4.39 Å². The maximum atomic E-state index is 13.3. The van der Waals surface area contributed by atoms with Gasteiger partial charge < -0.3 is 0 Å². The molecule has 0 radical (unpaired) electrons. The topological polar surface area (TPSA) is 49.6 Å². The fourth-order valence-corrected chi connectivity index (χ4v) is 2.62. The lowest BCUT2D eigenvalue weighted by molar-refractivity contribution is 0.626. The van der Waals surface area contributed by atoms with Crippen LogP contribution >= 0.6 is 11.8 Å². The number of hydrogen-bond donors (Lipinski definition) is 0. The summed E-state index contributed by atoms with van der Waals surface area (Å²) in [6.45, 7) is 5.89. The van der Waals surface area contributed by atoms with Gasteiger partial charge in [0.05, 0.1) is 11.6 Å². The van der Waals surface area contributed by atoms with Gasteiger partial charge in [-0.05, 0) is 50.1 Å². The average molecular weight is 287 g/mol. The molecular formula is C15H14FN3S. The number of rotatable bonds is 3. The Bertz CT molecular complexity index is 669. The summed E-state index contributed by atoms with van der Waals surface area (Å²) in [6, 6.07) is 6.30. The third-order valence-corrected chi connectivity index (χ3v) is 3.99. The molecule has 0 saturated carbocycles. The normalized spacial score (nSPS) is 10.3. The van der Waals surface area contributed by atoms with Gasteiger partial charge in [0, 0.05) is 17.1 Å². The minimum atomic E-state index is -0.392. The van der Waals surface area contributed by atoms with Gasteiger partial charge in [0.1, 0.15) is 5.82 Å². The molecule has 0 spiro atoms. The largest absolute Gasteiger partial charge is 0.228 e. The lowest BCUT2D eigenvalue weighted by atomic mass is 10.1. The molecule has 102 valence electrons. The van der Waals surface area contributed by atoms with Crippen molar-refractivity contribution in [2.45, 2.75) is 31.7 Å². The second kappa shape index (κ2) is 6.02. The summed E-state index contributed by atoms with van der Waals surface area (Å²) >= 11 is 1.44. The van der Waals surface area contributed by atoms with Crippen molar-refractivity contribution in [2.75, 3.05) is 0 Å². The molecule has 0 amide bonds. The van der Waals surface area contributed by atoms with Gasteiger partial charge in [-0.1, -0.05) is 11.8 Å². The highest BCUT2D eigenvalue weighted by atomic mass is 32.2. The van der Waals surface area contributed by atoms with Crippen molar-refractivity contribution in [3.05, 3.63) is 52.1 Å². The summed E-state index contributed by atoms with van der Waals surface area (Å²) in [4.78, 5) is 8.81. The minimum Gasteiger partial charge on any atom is -0.228 e. The van der Waals surface area contributed by atoms with E-state index in [1.165, 1.54) is 23.9 Å². The van der Waals surface area contributed by atoms with Crippen LogP contribution < -0.4 is 0 Å². The van der Waals surface area contributed by atoms with Crippen molar-refractivity contribution in [3.63, 3.8) is 0 Å². The average Bonchev–Trinajstić information content (AvgIpc) is 2.41. The summed E-state index contributed by atoms with van der Waals surface area (Å²) < 4.78 is 13.3. The van der Waals surface area contributed by atoms with Crippen molar-refractivity contribution >= 4 is 11.8 Å². The van der Waals surface area contributed by atoms with Crippen LogP contribution in [0.4, 0.5) is 4.39 Å². The van der Waals surface area contributed by atoms with Gasteiger partial charge in [-0.15, -0.1) is 0 Å². The standard InChI is InChI=1S/C15H14FN3S/c1-9-10(2)18-15(19-11(9)3)20-8-13-4-12(7-17)5-14(16)6-13/h4-6H,8H2,1-3H3. The molecule has 3 nitrogen and oxygen atoms in total. The molecule has 2 aromatic rings. The lowest BCUT2D eigenvalue weighted by Gasteiger charge is -2.07. The van der Waals surface area contributed by atoms with Crippen LogP contribution in [0.5, 0.6) is 0 Å². The summed E-state index contributed by atoms with van der Waals surface area (Å²) in [5.74, 6) is 0.144. The second-order valence-electron chi connectivity index (χ2n) is 4.55. The maximum Gasteiger partial charge on any atom is 0.188 e. The van der Waals surface area contributed by atoms with E-state index in [4.69, 9.17) is 5.26 Å². The van der Waals surface area contributed by atoms with Gasteiger partial charge in [-0.3, -0.25) is 0 Å². The monoisotopic (exact) mass is 287 g/mol. The Balaban J connectivity index is 2.17. The fraction of sp³-hybridized carbons (Fsp3) is 0.267. The number of halogens is 1. The number of nitrogens with zero attached hydrogens (tertiary/aromatic N) is 3. The van der Waals surface area contributed by atoms with Crippen molar-refractivity contribution in [1.82, 2.24) is 9.97 Å². The van der Waals surface area contributed by atoms with E-state index in [0.29, 0.717) is 16.5 Å². The maximum absolute atomic E-state index is 13.3. The Morgan fingerprint density at radius 3 is 2.40 bits per heavy atom. The highest BCUT2D eigenvalue weighted by molar-refractivity contribution is 7.98. The first-order valence-corrected chi connectivity index (χ1v) is 7.12. The third kappa shape index (κ3) is 3.34. The van der Waals surface area contributed by atoms with Crippen LogP contribution in [0.2, 0.25) is 0 Å². The van der Waals surface area contributed by atoms with E-state index in [-0.39, 0.29) is 0 Å². The van der Waals surface area contributed by atoms with Crippen LogP contribution in [0.15, 0.2) is 23.4 Å². The van der Waals surface area contributed by atoms with Crippen molar-refractivity contribution in [2.24, 2.45) is 0 Å². The van der Waals surface area contributed by atoms with Crippen LogP contribution in [0.25, 0.3) is 0 Å². The molecule has 0 aliphatic carbocycles. The first-order valence-electron chi connectivity index (χ1n) is 6.14. The highest BCUT2D eigenvalue weighted by Gasteiger charge is 2.07. The zero-order valence-corrected chi connectivity index (χ0v) is 12.4. The van der Waals surface area contributed by atoms with Crippen LogP contribution in [-0.2, 0) is 5.75 Å². The van der Waals surface area contributed by atoms with Gasteiger partial charge in [-0.2, -0.15) is 5.26 Å². The van der Waals surface area contributed by atoms with Gasteiger partial charge in [-0.25, -0.2) is 14.4 Å². The number of benzene rings is 1. The Hall–Kier alpha value is -1.93. The van der Waals surface area contributed by atoms with Gasteiger partial charge >= 0.3 is 0 Å².